The Hall–Kier alpha value is 0.479. The molecule has 2 aliphatic carbocycles. The van der Waals surface area contributed by atoms with E-state index in [9.17, 15) is 0 Å². The maximum Gasteiger partial charge on any atom is 2.00 e. The first-order valence-electron chi connectivity index (χ1n) is 6.90. The number of likely N-dealkylation sites (tertiary alicyclic amines) is 1. The number of hydrogen-bond acceptors (Lipinski definition) is 1. The van der Waals surface area contributed by atoms with Crippen LogP contribution in [0.25, 0.3) is 0 Å². The molecule has 2 saturated carbocycles. The number of nitrogens with zero attached hydrogens (tertiary/aromatic N) is 1. The molecule has 2 atom stereocenters. The summed E-state index contributed by atoms with van der Waals surface area (Å²) in [6.07, 6.45) is 21.4. The molecule has 1 aliphatic heterocycles. The molecule has 1 heterocycles. The third-order valence-corrected chi connectivity index (χ3v) is 3.79. The first-order valence-corrected chi connectivity index (χ1v) is 6.90. The molecule has 0 amide bonds. The van der Waals surface area contributed by atoms with Gasteiger partial charge in [-0.3, -0.25) is 4.90 Å². The molecular weight excluding hydrogens is 274 g/mol. The summed E-state index contributed by atoms with van der Waals surface area (Å²) in [6, 6.07) is 1.54. The Bertz CT molecular complexity index is 204. The Balaban J connectivity index is 0.000000256. The van der Waals surface area contributed by atoms with Crippen LogP contribution in [0.2, 0.25) is 0 Å². The van der Waals surface area contributed by atoms with E-state index >= 15 is 0 Å². The third-order valence-electron chi connectivity index (χ3n) is 3.79. The molecule has 1 nitrogen and oxygen atoms in total. The fraction of sp³-hybridized carbons (Fsp3) is 0.412. The third kappa shape index (κ3) is 5.77. The Labute approximate surface area is 131 Å². The monoisotopic (exact) mass is 297 g/mol. The van der Waals surface area contributed by atoms with Crippen LogP contribution in [0.3, 0.4) is 0 Å². The van der Waals surface area contributed by atoms with Crippen molar-refractivity contribution in [2.24, 2.45) is 0 Å². The van der Waals surface area contributed by atoms with Crippen LogP contribution in [0.1, 0.15) is 26.7 Å². The molecule has 0 N–H and O–H groups in total. The first-order chi connectivity index (χ1) is 8.77. The Morgan fingerprint density at radius 1 is 0.842 bits per heavy atom. The van der Waals surface area contributed by atoms with Crippen molar-refractivity contribution < 1.29 is 17.1 Å². The maximum absolute atomic E-state index is 2.61. The quantitative estimate of drug-likeness (QED) is 0.707. The van der Waals surface area contributed by atoms with Gasteiger partial charge in [-0.2, -0.15) is 0 Å². The molecule has 0 unspecified atom stereocenters. The smallest absolute Gasteiger partial charge is 0.297 e. The van der Waals surface area contributed by atoms with Gasteiger partial charge in [0.05, 0.1) is 0 Å². The van der Waals surface area contributed by atoms with Gasteiger partial charge in [-0.25, -0.2) is 0 Å². The maximum atomic E-state index is 2.61. The molecule has 10 radical (unpaired) electrons. The van der Waals surface area contributed by atoms with Gasteiger partial charge >= 0.3 is 17.1 Å². The molecule has 2 heteroatoms. The fourth-order valence-electron chi connectivity index (χ4n) is 2.61. The van der Waals surface area contributed by atoms with Crippen LogP contribution in [0.5, 0.6) is 0 Å². The molecular formula is C17H23FeN+2. The Morgan fingerprint density at radius 3 is 1.68 bits per heavy atom. The standard InChI is InChI=1S/C12H18N.C5H5.Fe/c1-10-7-8-11(2)13(10)9-12-5-3-4-6-12;1-2-4-5-3-1;/h3-6,10-11H,7-9H2,1-2H3;1-5H;/q;;+2/t10-,11-;;/m1../s1. The minimum absolute atomic E-state index is 0. The Kier molecular flexibility index (Phi) is 8.69. The van der Waals surface area contributed by atoms with Gasteiger partial charge in [-0.05, 0) is 90.4 Å². The normalized spacial score (nSPS) is 31.9. The second-order valence-corrected chi connectivity index (χ2v) is 5.20. The average molecular weight is 297 g/mol. The second-order valence-electron chi connectivity index (χ2n) is 5.20. The van der Waals surface area contributed by atoms with Gasteiger partial charge in [0.2, 0.25) is 0 Å². The number of rotatable bonds is 2. The molecule has 0 aromatic carbocycles. The largest absolute Gasteiger partial charge is 2.00 e. The van der Waals surface area contributed by atoms with Crippen LogP contribution < -0.4 is 0 Å². The van der Waals surface area contributed by atoms with Crippen molar-refractivity contribution in [1.82, 2.24) is 4.90 Å². The molecule has 102 valence electrons. The summed E-state index contributed by atoms with van der Waals surface area (Å²) < 4.78 is 0. The van der Waals surface area contributed by atoms with E-state index in [1.807, 2.05) is 32.1 Å². The van der Waals surface area contributed by atoms with Crippen LogP contribution in [-0.4, -0.2) is 23.5 Å². The van der Waals surface area contributed by atoms with E-state index in [1.54, 1.807) is 0 Å². The van der Waals surface area contributed by atoms with Gasteiger partial charge in [0.25, 0.3) is 0 Å². The molecule has 0 aromatic rings. The summed E-state index contributed by atoms with van der Waals surface area (Å²) in [7, 11) is 0. The average Bonchev–Trinajstić information content (AvgIpc) is 3.08. The summed E-state index contributed by atoms with van der Waals surface area (Å²) >= 11 is 0. The van der Waals surface area contributed by atoms with Gasteiger partial charge in [-0.15, -0.1) is 0 Å². The van der Waals surface area contributed by atoms with Gasteiger partial charge in [-0.1, -0.05) is 0 Å². The van der Waals surface area contributed by atoms with Crippen molar-refractivity contribution in [3.63, 3.8) is 0 Å². The van der Waals surface area contributed by atoms with Crippen LogP contribution in [0, 0.1) is 63.7 Å². The first kappa shape index (κ1) is 17.5. The summed E-state index contributed by atoms with van der Waals surface area (Å²) in [4.78, 5) is 2.61. The van der Waals surface area contributed by atoms with E-state index in [4.69, 9.17) is 0 Å². The summed E-state index contributed by atoms with van der Waals surface area (Å²) in [5, 5.41) is 0. The van der Waals surface area contributed by atoms with Crippen molar-refractivity contribution in [1.29, 1.82) is 0 Å². The molecule has 3 fully saturated rings. The van der Waals surface area contributed by atoms with Crippen LogP contribution in [-0.2, 0) is 17.1 Å². The predicted molar refractivity (Wildman–Crippen MR) is 76.8 cm³/mol. The minimum Gasteiger partial charge on any atom is -0.297 e. The van der Waals surface area contributed by atoms with Crippen LogP contribution in [0.4, 0.5) is 0 Å². The van der Waals surface area contributed by atoms with Gasteiger partial charge in [0, 0.05) is 18.6 Å². The van der Waals surface area contributed by atoms with Crippen molar-refractivity contribution in [2.45, 2.75) is 38.8 Å². The summed E-state index contributed by atoms with van der Waals surface area (Å²) in [5.74, 6) is 1.46. The Morgan fingerprint density at radius 2 is 1.26 bits per heavy atom. The van der Waals surface area contributed by atoms with Gasteiger partial charge in [0.15, 0.2) is 0 Å². The van der Waals surface area contributed by atoms with Crippen molar-refractivity contribution >= 4 is 0 Å². The number of hydrogen-bond donors (Lipinski definition) is 0. The fourth-order valence-corrected chi connectivity index (χ4v) is 2.61. The van der Waals surface area contributed by atoms with Gasteiger partial charge in [0.1, 0.15) is 0 Å². The molecule has 0 bridgehead atoms. The van der Waals surface area contributed by atoms with E-state index in [0.717, 1.165) is 18.6 Å². The van der Waals surface area contributed by atoms with E-state index in [2.05, 4.69) is 44.4 Å². The van der Waals surface area contributed by atoms with E-state index in [1.165, 1.54) is 18.8 Å². The molecule has 19 heavy (non-hydrogen) atoms. The van der Waals surface area contributed by atoms with E-state index < -0.39 is 0 Å². The topological polar surface area (TPSA) is 3.24 Å². The van der Waals surface area contributed by atoms with Crippen molar-refractivity contribution in [2.75, 3.05) is 6.54 Å². The van der Waals surface area contributed by atoms with E-state index in [0.29, 0.717) is 0 Å². The zero-order chi connectivity index (χ0) is 12.8. The predicted octanol–water partition coefficient (Wildman–Crippen LogP) is 3.28. The molecule has 0 spiro atoms. The minimum atomic E-state index is 0. The summed E-state index contributed by atoms with van der Waals surface area (Å²) in [6.45, 7) is 5.81. The molecule has 1 saturated heterocycles. The second kappa shape index (κ2) is 9.42. The molecule has 0 aromatic heterocycles. The van der Waals surface area contributed by atoms with Crippen LogP contribution >= 0.6 is 0 Å². The molecule has 3 aliphatic rings. The van der Waals surface area contributed by atoms with Crippen molar-refractivity contribution in [3.8, 4) is 0 Å². The SMILES string of the molecule is C[C@@H]1CC[C@@H](C)N1C[C]1[CH][CH][CH][CH]1.[CH]1[CH][CH][CH][CH]1.[Fe+2]. The van der Waals surface area contributed by atoms with E-state index in [-0.39, 0.29) is 17.1 Å². The zero-order valence-corrected chi connectivity index (χ0v) is 12.9. The van der Waals surface area contributed by atoms with Crippen LogP contribution in [0.15, 0.2) is 0 Å². The molecule has 3 rings (SSSR count). The van der Waals surface area contributed by atoms with Crippen molar-refractivity contribution in [3.05, 3.63) is 63.7 Å². The van der Waals surface area contributed by atoms with Gasteiger partial charge < -0.3 is 0 Å². The summed E-state index contributed by atoms with van der Waals surface area (Å²) in [5.41, 5.74) is 0. The zero-order valence-electron chi connectivity index (χ0n) is 11.8.